The quantitative estimate of drug-likeness (QED) is 0.883. The van der Waals surface area contributed by atoms with Gasteiger partial charge in [0.2, 0.25) is 0 Å². The van der Waals surface area contributed by atoms with Crippen LogP contribution >= 0.6 is 0 Å². The van der Waals surface area contributed by atoms with Crippen molar-refractivity contribution in [2.24, 2.45) is 0 Å². The smallest absolute Gasteiger partial charge is 0.129 e. The first-order chi connectivity index (χ1) is 8.60. The molecule has 0 saturated carbocycles. The Kier molecular flexibility index (Phi) is 4.36. The number of hydrogen-bond acceptors (Lipinski definition) is 2. The molecule has 1 atom stereocenters. The number of hydrogen-bond donors (Lipinski definition) is 1. The lowest BCUT2D eigenvalue weighted by Crippen LogP contribution is -2.32. The van der Waals surface area contributed by atoms with Crippen LogP contribution in [0.5, 0.6) is 0 Å². The van der Waals surface area contributed by atoms with Gasteiger partial charge < -0.3 is 5.32 Å². The molecule has 1 aliphatic heterocycles. The third kappa shape index (κ3) is 3.09. The van der Waals surface area contributed by atoms with Crippen LogP contribution < -0.4 is 5.32 Å². The summed E-state index contributed by atoms with van der Waals surface area (Å²) >= 11 is 0. The van der Waals surface area contributed by atoms with E-state index in [-0.39, 0.29) is 5.82 Å². The second-order valence-corrected chi connectivity index (χ2v) is 5.32. The highest BCUT2D eigenvalue weighted by molar-refractivity contribution is 5.30. The molecule has 3 heteroatoms. The number of aryl methyl sites for hydroxylation is 2. The first kappa shape index (κ1) is 13.5. The molecule has 1 aromatic carbocycles. The molecule has 2 nitrogen and oxygen atoms in total. The van der Waals surface area contributed by atoms with Gasteiger partial charge in [0.05, 0.1) is 0 Å². The molecule has 0 radical (unpaired) electrons. The number of rotatable bonds is 4. The van der Waals surface area contributed by atoms with Gasteiger partial charge in [-0.1, -0.05) is 19.1 Å². The zero-order chi connectivity index (χ0) is 13.1. The summed E-state index contributed by atoms with van der Waals surface area (Å²) in [6, 6.07) is 4.57. The average molecular weight is 250 g/mol. The van der Waals surface area contributed by atoms with Crippen molar-refractivity contribution >= 4 is 0 Å². The highest BCUT2D eigenvalue weighted by Crippen LogP contribution is 2.18. The first-order valence-corrected chi connectivity index (χ1v) is 6.81. The van der Waals surface area contributed by atoms with E-state index < -0.39 is 0 Å². The minimum atomic E-state index is -0.0642. The Morgan fingerprint density at radius 1 is 1.33 bits per heavy atom. The Balaban J connectivity index is 1.98. The summed E-state index contributed by atoms with van der Waals surface area (Å²) in [5.41, 5.74) is 2.74. The van der Waals surface area contributed by atoms with Gasteiger partial charge in [-0.25, -0.2) is 4.39 Å². The predicted molar refractivity (Wildman–Crippen MR) is 73.2 cm³/mol. The molecule has 100 valence electrons. The summed E-state index contributed by atoms with van der Waals surface area (Å²) in [4.78, 5) is 2.44. The Morgan fingerprint density at radius 2 is 2.00 bits per heavy atom. The topological polar surface area (TPSA) is 15.3 Å². The summed E-state index contributed by atoms with van der Waals surface area (Å²) in [5.74, 6) is -0.0642. The van der Waals surface area contributed by atoms with E-state index in [9.17, 15) is 4.39 Å². The average Bonchev–Trinajstić information content (AvgIpc) is 2.74. The molecule has 0 aromatic heterocycles. The van der Waals surface area contributed by atoms with Gasteiger partial charge in [-0.3, -0.25) is 4.90 Å². The van der Waals surface area contributed by atoms with Crippen LogP contribution in [0.2, 0.25) is 0 Å². The lowest BCUT2D eigenvalue weighted by molar-refractivity contribution is 0.320. The maximum absolute atomic E-state index is 13.6. The minimum absolute atomic E-state index is 0.0642. The van der Waals surface area contributed by atoms with E-state index in [1.54, 1.807) is 0 Å². The van der Waals surface area contributed by atoms with E-state index in [2.05, 4.69) is 17.1 Å². The van der Waals surface area contributed by atoms with Crippen LogP contribution in [0.15, 0.2) is 12.1 Å². The zero-order valence-corrected chi connectivity index (χ0v) is 11.6. The van der Waals surface area contributed by atoms with E-state index >= 15 is 0 Å². The number of halogens is 1. The number of likely N-dealkylation sites (N-methyl/N-ethyl adjacent to an activating group) is 1. The van der Waals surface area contributed by atoms with E-state index in [0.29, 0.717) is 6.04 Å². The van der Waals surface area contributed by atoms with Gasteiger partial charge in [0.1, 0.15) is 5.82 Å². The van der Waals surface area contributed by atoms with E-state index in [1.807, 2.05) is 26.0 Å². The number of nitrogens with zero attached hydrogens (tertiary/aromatic N) is 1. The zero-order valence-electron chi connectivity index (χ0n) is 11.6. The van der Waals surface area contributed by atoms with Crippen molar-refractivity contribution in [3.8, 4) is 0 Å². The normalized spacial score (nSPS) is 20.6. The standard InChI is InChI=1S/C15H23FN2/c1-4-17-14-5-6-18(10-14)9-13-7-11(2)15(16)12(3)8-13/h7-8,14,17H,4-6,9-10H2,1-3H3. The fourth-order valence-corrected chi connectivity index (χ4v) is 2.82. The van der Waals surface area contributed by atoms with Gasteiger partial charge in [0.15, 0.2) is 0 Å². The highest BCUT2D eigenvalue weighted by Gasteiger charge is 2.21. The fraction of sp³-hybridized carbons (Fsp3) is 0.600. The SMILES string of the molecule is CCNC1CCN(Cc2cc(C)c(F)c(C)c2)C1. The van der Waals surface area contributed by atoms with E-state index in [0.717, 1.165) is 37.3 Å². The van der Waals surface area contributed by atoms with Crippen LogP contribution in [0.1, 0.15) is 30.0 Å². The van der Waals surface area contributed by atoms with Crippen LogP contribution in [-0.2, 0) is 6.54 Å². The minimum Gasteiger partial charge on any atom is -0.313 e. The van der Waals surface area contributed by atoms with E-state index in [4.69, 9.17) is 0 Å². The van der Waals surface area contributed by atoms with Crippen molar-refractivity contribution in [3.05, 3.63) is 34.6 Å². The molecule has 1 aromatic rings. The van der Waals surface area contributed by atoms with Crippen LogP contribution in [0.4, 0.5) is 4.39 Å². The van der Waals surface area contributed by atoms with Gasteiger partial charge in [-0.2, -0.15) is 0 Å². The molecule has 1 unspecified atom stereocenters. The van der Waals surface area contributed by atoms with Gasteiger partial charge in [-0.05, 0) is 43.5 Å². The van der Waals surface area contributed by atoms with Crippen molar-refractivity contribution in [1.82, 2.24) is 10.2 Å². The molecule has 2 rings (SSSR count). The highest BCUT2D eigenvalue weighted by atomic mass is 19.1. The fourth-order valence-electron chi connectivity index (χ4n) is 2.82. The lowest BCUT2D eigenvalue weighted by atomic mass is 10.1. The third-order valence-electron chi connectivity index (χ3n) is 3.67. The molecule has 1 saturated heterocycles. The first-order valence-electron chi connectivity index (χ1n) is 6.81. The summed E-state index contributed by atoms with van der Waals surface area (Å²) in [5, 5.41) is 3.49. The monoisotopic (exact) mass is 250 g/mol. The van der Waals surface area contributed by atoms with Crippen molar-refractivity contribution in [2.75, 3.05) is 19.6 Å². The van der Waals surface area contributed by atoms with Crippen molar-refractivity contribution in [1.29, 1.82) is 0 Å². The van der Waals surface area contributed by atoms with Crippen molar-refractivity contribution < 1.29 is 4.39 Å². The predicted octanol–water partition coefficient (Wildman–Crippen LogP) is 2.63. The van der Waals surface area contributed by atoms with E-state index in [1.165, 1.54) is 12.0 Å². The van der Waals surface area contributed by atoms with Gasteiger partial charge >= 0.3 is 0 Å². The molecular formula is C15H23FN2. The van der Waals surface area contributed by atoms with Gasteiger partial charge in [0.25, 0.3) is 0 Å². The molecule has 0 amide bonds. The maximum atomic E-state index is 13.6. The summed E-state index contributed by atoms with van der Waals surface area (Å²) in [6.07, 6.45) is 1.22. The molecule has 1 heterocycles. The molecule has 0 spiro atoms. The molecule has 0 aliphatic carbocycles. The van der Waals surface area contributed by atoms with Crippen molar-refractivity contribution in [3.63, 3.8) is 0 Å². The van der Waals surface area contributed by atoms with Crippen LogP contribution in [0.3, 0.4) is 0 Å². The summed E-state index contributed by atoms with van der Waals surface area (Å²) < 4.78 is 13.6. The Labute approximate surface area is 109 Å². The van der Waals surface area contributed by atoms with Crippen LogP contribution in [0.25, 0.3) is 0 Å². The summed E-state index contributed by atoms with van der Waals surface area (Å²) in [6.45, 7) is 10.0. The van der Waals surface area contributed by atoms with Crippen LogP contribution in [-0.4, -0.2) is 30.6 Å². The largest absolute Gasteiger partial charge is 0.313 e. The van der Waals surface area contributed by atoms with Gasteiger partial charge in [-0.15, -0.1) is 0 Å². The maximum Gasteiger partial charge on any atom is 0.129 e. The second kappa shape index (κ2) is 5.81. The van der Waals surface area contributed by atoms with Gasteiger partial charge in [0, 0.05) is 25.7 Å². The molecule has 1 N–H and O–H groups in total. The molecule has 18 heavy (non-hydrogen) atoms. The number of benzene rings is 1. The number of likely N-dealkylation sites (tertiary alicyclic amines) is 1. The molecule has 1 aliphatic rings. The number of nitrogens with one attached hydrogen (secondary N) is 1. The van der Waals surface area contributed by atoms with Crippen molar-refractivity contribution in [2.45, 2.75) is 39.8 Å². The Bertz CT molecular complexity index is 394. The third-order valence-corrected chi connectivity index (χ3v) is 3.67. The van der Waals surface area contributed by atoms with Crippen LogP contribution in [0, 0.1) is 19.7 Å². The molecule has 0 bridgehead atoms. The lowest BCUT2D eigenvalue weighted by Gasteiger charge is -2.17. The Morgan fingerprint density at radius 3 is 2.61 bits per heavy atom. The summed E-state index contributed by atoms with van der Waals surface area (Å²) in [7, 11) is 0. The Hall–Kier alpha value is -0.930. The molecular weight excluding hydrogens is 227 g/mol. The molecule has 1 fully saturated rings. The second-order valence-electron chi connectivity index (χ2n) is 5.32.